The summed E-state index contributed by atoms with van der Waals surface area (Å²) in [7, 11) is 1.28. The third-order valence-electron chi connectivity index (χ3n) is 3.03. The van der Waals surface area contributed by atoms with Crippen LogP contribution in [-0.4, -0.2) is 38.0 Å². The lowest BCUT2D eigenvalue weighted by Gasteiger charge is -2.11. The minimum absolute atomic E-state index is 0.120. The first kappa shape index (κ1) is 14.8. The number of ether oxygens (including phenoxy) is 2. The molecule has 0 bridgehead atoms. The first-order valence-electron chi connectivity index (χ1n) is 6.45. The van der Waals surface area contributed by atoms with E-state index in [1.54, 1.807) is 24.3 Å². The fourth-order valence-electron chi connectivity index (χ4n) is 1.90. The fourth-order valence-corrected chi connectivity index (χ4v) is 1.90. The van der Waals surface area contributed by atoms with E-state index in [4.69, 9.17) is 4.74 Å². The van der Waals surface area contributed by atoms with Crippen LogP contribution < -0.4 is 15.4 Å². The maximum Gasteiger partial charge on any atom is 0.343 e. The van der Waals surface area contributed by atoms with E-state index < -0.39 is 5.97 Å². The highest BCUT2D eigenvalue weighted by atomic mass is 16.6. The number of hydrogen-bond donors (Lipinski definition) is 2. The Morgan fingerprint density at radius 2 is 2.24 bits per heavy atom. The zero-order valence-corrected chi connectivity index (χ0v) is 11.5. The molecule has 1 unspecified atom stereocenters. The predicted molar refractivity (Wildman–Crippen MR) is 73.7 cm³/mol. The van der Waals surface area contributed by atoms with Gasteiger partial charge in [0.2, 0.25) is 11.8 Å². The summed E-state index contributed by atoms with van der Waals surface area (Å²) in [6.07, 6.45) is 0.199. The van der Waals surface area contributed by atoms with Gasteiger partial charge in [0, 0.05) is 24.7 Å². The number of esters is 1. The van der Waals surface area contributed by atoms with E-state index in [1.165, 1.54) is 7.11 Å². The minimum Gasteiger partial charge on any atom is -0.482 e. The molecule has 0 saturated carbocycles. The molecule has 21 heavy (non-hydrogen) atoms. The van der Waals surface area contributed by atoms with Crippen LogP contribution in [0.15, 0.2) is 24.3 Å². The normalized spacial score (nSPS) is 17.0. The molecule has 2 rings (SSSR count). The Bertz CT molecular complexity index is 558. The number of carbonyl (C=O) groups is 3. The number of nitrogens with one attached hydrogen (secondary N) is 2. The summed E-state index contributed by atoms with van der Waals surface area (Å²) in [5.41, 5.74) is 0.543. The molecule has 1 fully saturated rings. The average molecular weight is 292 g/mol. The number of anilines is 1. The fraction of sp³-hybridized carbons (Fsp3) is 0.357. The van der Waals surface area contributed by atoms with Gasteiger partial charge in [0.1, 0.15) is 5.75 Å². The second kappa shape index (κ2) is 6.74. The number of amides is 2. The summed E-state index contributed by atoms with van der Waals surface area (Å²) in [4.78, 5) is 34.0. The molecule has 0 aromatic heterocycles. The average Bonchev–Trinajstić information content (AvgIpc) is 2.92. The van der Waals surface area contributed by atoms with Gasteiger partial charge in [-0.15, -0.1) is 0 Å². The number of carbonyl (C=O) groups excluding carboxylic acids is 3. The lowest BCUT2D eigenvalue weighted by molar-refractivity contribution is -0.142. The SMILES string of the molecule is COC(=O)COc1cccc(NC(=O)C2CNC(=O)C2)c1. The van der Waals surface area contributed by atoms with E-state index in [9.17, 15) is 14.4 Å². The first-order chi connectivity index (χ1) is 10.1. The summed E-state index contributed by atoms with van der Waals surface area (Å²) < 4.78 is 9.70. The summed E-state index contributed by atoms with van der Waals surface area (Å²) in [6, 6.07) is 6.66. The molecule has 2 amide bonds. The molecular formula is C14H16N2O5. The van der Waals surface area contributed by atoms with Crippen LogP contribution in [0, 0.1) is 5.92 Å². The van der Waals surface area contributed by atoms with Crippen molar-refractivity contribution in [3.63, 3.8) is 0 Å². The lowest BCUT2D eigenvalue weighted by Crippen LogP contribution is -2.24. The Labute approximate surface area is 121 Å². The molecule has 7 nitrogen and oxygen atoms in total. The molecule has 1 aromatic carbocycles. The molecule has 1 saturated heterocycles. The standard InChI is InChI=1S/C14H16N2O5/c1-20-13(18)8-21-11-4-2-3-10(6-11)16-14(19)9-5-12(17)15-7-9/h2-4,6,9H,5,7-8H2,1H3,(H,15,17)(H,16,19). The highest BCUT2D eigenvalue weighted by Gasteiger charge is 2.27. The van der Waals surface area contributed by atoms with Crippen LogP contribution in [-0.2, 0) is 19.1 Å². The van der Waals surface area contributed by atoms with Crippen molar-refractivity contribution in [2.75, 3.05) is 25.6 Å². The van der Waals surface area contributed by atoms with Gasteiger partial charge in [0.15, 0.2) is 6.61 Å². The van der Waals surface area contributed by atoms with Crippen molar-refractivity contribution < 1.29 is 23.9 Å². The molecule has 1 atom stereocenters. The number of hydrogen-bond acceptors (Lipinski definition) is 5. The molecule has 0 radical (unpaired) electrons. The van der Waals surface area contributed by atoms with Gasteiger partial charge in [0.25, 0.3) is 0 Å². The van der Waals surface area contributed by atoms with Crippen LogP contribution in [0.3, 0.4) is 0 Å². The highest BCUT2D eigenvalue weighted by molar-refractivity contribution is 5.97. The quantitative estimate of drug-likeness (QED) is 0.762. The third kappa shape index (κ3) is 4.20. The van der Waals surface area contributed by atoms with E-state index in [1.807, 2.05) is 0 Å². The highest BCUT2D eigenvalue weighted by Crippen LogP contribution is 2.19. The molecule has 112 valence electrons. The molecule has 1 aromatic rings. The predicted octanol–water partition coefficient (Wildman–Crippen LogP) is 0.313. The van der Waals surface area contributed by atoms with Gasteiger partial charge < -0.3 is 20.1 Å². The smallest absolute Gasteiger partial charge is 0.343 e. The van der Waals surface area contributed by atoms with E-state index in [0.29, 0.717) is 18.0 Å². The zero-order valence-electron chi connectivity index (χ0n) is 11.5. The van der Waals surface area contributed by atoms with Crippen molar-refractivity contribution in [3.8, 4) is 5.75 Å². The third-order valence-corrected chi connectivity index (χ3v) is 3.03. The van der Waals surface area contributed by atoms with Crippen LogP contribution >= 0.6 is 0 Å². The molecule has 0 aliphatic carbocycles. The van der Waals surface area contributed by atoms with Gasteiger partial charge in [-0.25, -0.2) is 4.79 Å². The molecule has 0 spiro atoms. The van der Waals surface area contributed by atoms with Gasteiger partial charge >= 0.3 is 5.97 Å². The van der Waals surface area contributed by atoms with Crippen molar-refractivity contribution in [2.24, 2.45) is 5.92 Å². The molecular weight excluding hydrogens is 276 g/mol. The summed E-state index contributed by atoms with van der Waals surface area (Å²) in [6.45, 7) is 0.151. The molecule has 1 heterocycles. The zero-order chi connectivity index (χ0) is 15.2. The van der Waals surface area contributed by atoms with Gasteiger partial charge in [0.05, 0.1) is 13.0 Å². The lowest BCUT2D eigenvalue weighted by atomic mass is 10.1. The van der Waals surface area contributed by atoms with E-state index in [0.717, 1.165) is 0 Å². The van der Waals surface area contributed by atoms with Crippen molar-refractivity contribution in [3.05, 3.63) is 24.3 Å². The number of rotatable bonds is 5. The topological polar surface area (TPSA) is 93.7 Å². The van der Waals surface area contributed by atoms with Crippen LogP contribution in [0.4, 0.5) is 5.69 Å². The molecule has 2 N–H and O–H groups in total. The van der Waals surface area contributed by atoms with E-state index >= 15 is 0 Å². The maximum absolute atomic E-state index is 12.0. The van der Waals surface area contributed by atoms with E-state index in [2.05, 4.69) is 15.4 Å². The van der Waals surface area contributed by atoms with Crippen molar-refractivity contribution in [1.29, 1.82) is 0 Å². The molecule has 1 aliphatic rings. The Balaban J connectivity index is 1.92. The Morgan fingerprint density at radius 3 is 2.90 bits per heavy atom. The Hall–Kier alpha value is -2.57. The Kier molecular flexibility index (Phi) is 4.76. The van der Waals surface area contributed by atoms with Gasteiger partial charge in [-0.3, -0.25) is 9.59 Å². The number of benzene rings is 1. The largest absolute Gasteiger partial charge is 0.482 e. The van der Waals surface area contributed by atoms with Crippen LogP contribution in [0.1, 0.15) is 6.42 Å². The second-order valence-electron chi connectivity index (χ2n) is 4.59. The molecule has 1 aliphatic heterocycles. The van der Waals surface area contributed by atoms with Crippen LogP contribution in [0.5, 0.6) is 5.75 Å². The summed E-state index contributed by atoms with van der Waals surface area (Å²) >= 11 is 0. The minimum atomic E-state index is -0.486. The number of methoxy groups -OCH3 is 1. The maximum atomic E-state index is 12.0. The Morgan fingerprint density at radius 1 is 1.43 bits per heavy atom. The summed E-state index contributed by atoms with van der Waals surface area (Å²) in [5, 5.41) is 5.33. The van der Waals surface area contributed by atoms with Crippen molar-refractivity contribution in [2.45, 2.75) is 6.42 Å². The second-order valence-corrected chi connectivity index (χ2v) is 4.59. The monoisotopic (exact) mass is 292 g/mol. The first-order valence-corrected chi connectivity index (χ1v) is 6.45. The van der Waals surface area contributed by atoms with Crippen molar-refractivity contribution >= 4 is 23.5 Å². The summed E-state index contributed by atoms with van der Waals surface area (Å²) in [5.74, 6) is -0.750. The van der Waals surface area contributed by atoms with Crippen molar-refractivity contribution in [1.82, 2.24) is 5.32 Å². The van der Waals surface area contributed by atoms with Crippen LogP contribution in [0.2, 0.25) is 0 Å². The van der Waals surface area contributed by atoms with E-state index in [-0.39, 0.29) is 30.8 Å². The van der Waals surface area contributed by atoms with Gasteiger partial charge in [-0.05, 0) is 12.1 Å². The van der Waals surface area contributed by atoms with Gasteiger partial charge in [-0.1, -0.05) is 6.07 Å². The van der Waals surface area contributed by atoms with Gasteiger partial charge in [-0.2, -0.15) is 0 Å². The molecule has 7 heteroatoms. The van der Waals surface area contributed by atoms with Crippen LogP contribution in [0.25, 0.3) is 0 Å².